The molecule has 0 fully saturated rings. The van der Waals surface area contributed by atoms with Crippen LogP contribution in [0.3, 0.4) is 0 Å². The van der Waals surface area contributed by atoms with Crippen LogP contribution in [0.5, 0.6) is 0 Å². The molecular weight excluding hydrogens is 222 g/mol. The molecule has 0 aliphatic rings. The van der Waals surface area contributed by atoms with E-state index in [0.717, 1.165) is 5.56 Å². The molecule has 17 heavy (non-hydrogen) atoms. The van der Waals surface area contributed by atoms with Crippen LogP contribution in [-0.4, -0.2) is 26.7 Å². The molecule has 0 spiro atoms. The number of carbonyl (C=O) groups is 2. The quantitative estimate of drug-likeness (QED) is 0.830. The molecule has 0 atom stereocenters. The second-order valence-corrected chi connectivity index (χ2v) is 3.86. The number of carboxylic acids is 2. The fourth-order valence-corrected chi connectivity index (χ4v) is 2.12. The van der Waals surface area contributed by atoms with Gasteiger partial charge in [-0.2, -0.15) is 0 Å². The van der Waals surface area contributed by atoms with Gasteiger partial charge in [-0.1, -0.05) is 12.1 Å². The highest BCUT2D eigenvalue weighted by Gasteiger charge is 2.25. The molecule has 0 amide bonds. The first-order valence-electron chi connectivity index (χ1n) is 4.99. The van der Waals surface area contributed by atoms with E-state index in [9.17, 15) is 14.7 Å². The number of carboxylic acid groups (broad SMARTS) is 2. The van der Waals surface area contributed by atoms with E-state index in [4.69, 9.17) is 5.11 Å². The lowest BCUT2D eigenvalue weighted by Crippen LogP contribution is -2.10. The van der Waals surface area contributed by atoms with Gasteiger partial charge in [-0.25, -0.2) is 9.59 Å². The third-order valence-electron chi connectivity index (χ3n) is 2.85. The Morgan fingerprint density at radius 1 is 1.18 bits per heavy atom. The molecule has 0 unspecified atom stereocenters. The zero-order valence-corrected chi connectivity index (χ0v) is 9.39. The molecule has 2 N–H and O–H groups in total. The van der Waals surface area contributed by atoms with Gasteiger partial charge in [-0.05, 0) is 18.6 Å². The molecule has 5 heteroatoms. The van der Waals surface area contributed by atoms with Crippen LogP contribution in [0, 0.1) is 6.92 Å². The highest BCUT2D eigenvalue weighted by atomic mass is 16.4. The molecule has 0 bridgehead atoms. The van der Waals surface area contributed by atoms with E-state index in [2.05, 4.69) is 0 Å². The smallest absolute Gasteiger partial charge is 0.353 e. The number of aryl methyl sites for hydroxylation is 2. The maximum atomic E-state index is 11.2. The summed E-state index contributed by atoms with van der Waals surface area (Å²) in [6.07, 6.45) is 0. The Morgan fingerprint density at radius 2 is 1.82 bits per heavy atom. The largest absolute Gasteiger partial charge is 0.478 e. The lowest BCUT2D eigenvalue weighted by molar-refractivity contribution is 0.0646. The van der Waals surface area contributed by atoms with Crippen LogP contribution in [0.2, 0.25) is 0 Å². The summed E-state index contributed by atoms with van der Waals surface area (Å²) in [5.74, 6) is -2.46. The van der Waals surface area contributed by atoms with Crippen molar-refractivity contribution in [1.82, 2.24) is 4.57 Å². The summed E-state index contributed by atoms with van der Waals surface area (Å²) < 4.78 is 1.40. The number of fused-ring (bicyclic) bond motifs is 1. The number of hydrogen-bond donors (Lipinski definition) is 2. The van der Waals surface area contributed by atoms with Gasteiger partial charge in [0.1, 0.15) is 11.3 Å². The lowest BCUT2D eigenvalue weighted by atomic mass is 10.1. The van der Waals surface area contributed by atoms with Crippen LogP contribution in [0.4, 0.5) is 0 Å². The van der Waals surface area contributed by atoms with Crippen molar-refractivity contribution in [2.24, 2.45) is 7.05 Å². The maximum Gasteiger partial charge on any atom is 0.353 e. The van der Waals surface area contributed by atoms with Crippen LogP contribution >= 0.6 is 0 Å². The van der Waals surface area contributed by atoms with Gasteiger partial charge in [-0.3, -0.25) is 0 Å². The Kier molecular flexibility index (Phi) is 2.38. The summed E-state index contributed by atoms with van der Waals surface area (Å²) in [4.78, 5) is 22.4. The standard InChI is InChI=1S/C12H11NO4/c1-6-4-3-5-7-8(6)9(11(14)15)10(12(16)17)13(7)2/h3-5H,1-2H3,(H,14,15)(H,16,17). The third kappa shape index (κ3) is 1.47. The molecule has 5 nitrogen and oxygen atoms in total. The first-order valence-corrected chi connectivity index (χ1v) is 4.99. The molecule has 1 aromatic carbocycles. The maximum absolute atomic E-state index is 11.2. The van der Waals surface area contributed by atoms with Gasteiger partial charge >= 0.3 is 11.9 Å². The van der Waals surface area contributed by atoms with Crippen LogP contribution in [0.15, 0.2) is 18.2 Å². The summed E-state index contributed by atoms with van der Waals surface area (Å²) in [7, 11) is 1.55. The molecule has 0 radical (unpaired) electrons. The Morgan fingerprint density at radius 3 is 2.35 bits per heavy atom. The molecule has 0 saturated heterocycles. The van der Waals surface area contributed by atoms with Gasteiger partial charge in [-0.15, -0.1) is 0 Å². The van der Waals surface area contributed by atoms with E-state index >= 15 is 0 Å². The van der Waals surface area contributed by atoms with Crippen LogP contribution in [0.1, 0.15) is 26.4 Å². The zero-order valence-electron chi connectivity index (χ0n) is 9.39. The Bertz CT molecular complexity index is 639. The molecular formula is C12H11NO4. The fraction of sp³-hybridized carbons (Fsp3) is 0.167. The van der Waals surface area contributed by atoms with Gasteiger partial charge in [0.15, 0.2) is 0 Å². The molecule has 1 heterocycles. The average Bonchev–Trinajstić information content (AvgIpc) is 2.54. The van der Waals surface area contributed by atoms with Crippen molar-refractivity contribution in [3.63, 3.8) is 0 Å². The highest BCUT2D eigenvalue weighted by molar-refractivity contribution is 6.13. The SMILES string of the molecule is Cc1cccc2c1c(C(=O)O)c(C(=O)O)n2C. The van der Waals surface area contributed by atoms with E-state index in [-0.39, 0.29) is 11.3 Å². The van der Waals surface area contributed by atoms with Gasteiger partial charge in [0.05, 0.1) is 0 Å². The first kappa shape index (κ1) is 11.2. The molecule has 0 aliphatic carbocycles. The zero-order chi connectivity index (χ0) is 12.7. The Hall–Kier alpha value is -2.30. The topological polar surface area (TPSA) is 79.5 Å². The summed E-state index contributed by atoms with van der Waals surface area (Å²) in [5, 5.41) is 18.8. The third-order valence-corrected chi connectivity index (χ3v) is 2.85. The molecule has 0 aliphatic heterocycles. The number of hydrogen-bond acceptors (Lipinski definition) is 2. The van der Waals surface area contributed by atoms with Gasteiger partial charge in [0.25, 0.3) is 0 Å². The van der Waals surface area contributed by atoms with Crippen molar-refractivity contribution in [2.75, 3.05) is 0 Å². The van der Waals surface area contributed by atoms with Crippen molar-refractivity contribution in [3.05, 3.63) is 35.0 Å². The van der Waals surface area contributed by atoms with Gasteiger partial charge in [0.2, 0.25) is 0 Å². The monoisotopic (exact) mass is 233 g/mol. The van der Waals surface area contributed by atoms with E-state index < -0.39 is 11.9 Å². The van der Waals surface area contributed by atoms with Gasteiger partial charge < -0.3 is 14.8 Å². The van der Waals surface area contributed by atoms with Crippen molar-refractivity contribution in [2.45, 2.75) is 6.92 Å². The van der Waals surface area contributed by atoms with Crippen molar-refractivity contribution in [3.8, 4) is 0 Å². The minimum absolute atomic E-state index is 0.145. The molecule has 88 valence electrons. The van der Waals surface area contributed by atoms with E-state index in [1.165, 1.54) is 4.57 Å². The summed E-state index contributed by atoms with van der Waals surface area (Å²) in [5.41, 5.74) is 1.03. The van der Waals surface area contributed by atoms with E-state index in [0.29, 0.717) is 10.9 Å². The summed E-state index contributed by atoms with van der Waals surface area (Å²) >= 11 is 0. The minimum Gasteiger partial charge on any atom is -0.478 e. The van der Waals surface area contributed by atoms with Crippen LogP contribution in [-0.2, 0) is 7.05 Å². The van der Waals surface area contributed by atoms with Crippen LogP contribution in [0.25, 0.3) is 10.9 Å². The van der Waals surface area contributed by atoms with Crippen molar-refractivity contribution >= 4 is 22.8 Å². The second kappa shape index (κ2) is 3.62. The number of nitrogens with zero attached hydrogens (tertiary/aromatic N) is 1. The Labute approximate surface area is 96.9 Å². The van der Waals surface area contributed by atoms with Crippen LogP contribution < -0.4 is 0 Å². The second-order valence-electron chi connectivity index (χ2n) is 3.86. The molecule has 1 aromatic heterocycles. The molecule has 2 aromatic rings. The summed E-state index contributed by atoms with van der Waals surface area (Å²) in [6, 6.07) is 5.25. The normalized spacial score (nSPS) is 10.7. The van der Waals surface area contributed by atoms with E-state index in [1.54, 1.807) is 32.2 Å². The first-order chi connectivity index (χ1) is 7.95. The van der Waals surface area contributed by atoms with E-state index in [1.807, 2.05) is 0 Å². The number of rotatable bonds is 2. The number of aromatic carboxylic acids is 2. The highest BCUT2D eigenvalue weighted by Crippen LogP contribution is 2.28. The van der Waals surface area contributed by atoms with Crippen molar-refractivity contribution < 1.29 is 19.8 Å². The molecule has 2 rings (SSSR count). The van der Waals surface area contributed by atoms with Gasteiger partial charge in [0, 0.05) is 18.0 Å². The Balaban J connectivity index is 3.05. The predicted octanol–water partition coefficient (Wildman–Crippen LogP) is 1.88. The lowest BCUT2D eigenvalue weighted by Gasteiger charge is -1.99. The minimum atomic E-state index is -1.24. The van der Waals surface area contributed by atoms with Crippen molar-refractivity contribution in [1.29, 1.82) is 0 Å². The number of benzene rings is 1. The molecule has 0 saturated carbocycles. The predicted molar refractivity (Wildman–Crippen MR) is 61.6 cm³/mol. The summed E-state index contributed by atoms with van der Waals surface area (Å²) in [6.45, 7) is 1.76. The number of aromatic nitrogens is 1. The fourth-order valence-electron chi connectivity index (χ4n) is 2.12. The average molecular weight is 233 g/mol.